The van der Waals surface area contributed by atoms with Gasteiger partial charge in [0.25, 0.3) is 0 Å². The zero-order valence-corrected chi connectivity index (χ0v) is 9.81. The van der Waals surface area contributed by atoms with E-state index in [4.69, 9.17) is 14.3 Å². The number of carboxylic acid groups (broad SMARTS) is 1. The third kappa shape index (κ3) is 3.00. The lowest BCUT2D eigenvalue weighted by molar-refractivity contribution is 0.0619. The van der Waals surface area contributed by atoms with Gasteiger partial charge in [-0.3, -0.25) is 0 Å². The Morgan fingerprint density at radius 3 is 2.76 bits per heavy atom. The summed E-state index contributed by atoms with van der Waals surface area (Å²) in [7, 11) is 0. The van der Waals surface area contributed by atoms with Crippen LogP contribution in [0.25, 0.3) is 0 Å². The molecule has 1 saturated heterocycles. The van der Waals surface area contributed by atoms with Gasteiger partial charge in [0.2, 0.25) is 5.76 Å². The summed E-state index contributed by atoms with van der Waals surface area (Å²) in [6.45, 7) is 3.68. The molecular formula is C12H17NO4. The summed E-state index contributed by atoms with van der Waals surface area (Å²) in [6, 6.07) is 3.37. The smallest absolute Gasteiger partial charge is 0.371 e. The first kappa shape index (κ1) is 12.0. The van der Waals surface area contributed by atoms with Gasteiger partial charge < -0.3 is 19.6 Å². The molecule has 2 N–H and O–H groups in total. The summed E-state index contributed by atoms with van der Waals surface area (Å²) in [4.78, 5) is 10.7. The Balaban J connectivity index is 1.92. The largest absolute Gasteiger partial charge is 0.475 e. The van der Waals surface area contributed by atoms with Gasteiger partial charge in [0.1, 0.15) is 0 Å². The Labute approximate surface area is 99.8 Å². The molecule has 0 spiro atoms. The number of nitrogens with one attached hydrogen (secondary N) is 1. The summed E-state index contributed by atoms with van der Waals surface area (Å²) >= 11 is 0. The lowest BCUT2D eigenvalue weighted by Gasteiger charge is -2.28. The SMILES string of the molecule is CC(Nc1ccc(C(=O)O)o1)C1CCOCC1. The molecule has 1 aliphatic rings. The standard InChI is InChI=1S/C12H17NO4/c1-8(9-4-6-16-7-5-9)13-11-3-2-10(17-11)12(14)15/h2-3,8-9,13H,4-7H2,1H3,(H,14,15). The number of carbonyl (C=O) groups is 1. The van der Waals surface area contributed by atoms with E-state index in [0.717, 1.165) is 26.1 Å². The molecule has 1 unspecified atom stereocenters. The van der Waals surface area contributed by atoms with Crippen molar-refractivity contribution in [1.29, 1.82) is 0 Å². The van der Waals surface area contributed by atoms with E-state index in [2.05, 4.69) is 12.2 Å². The molecule has 2 heterocycles. The lowest BCUT2D eigenvalue weighted by atomic mass is 9.93. The quantitative estimate of drug-likeness (QED) is 0.842. The van der Waals surface area contributed by atoms with Crippen molar-refractivity contribution in [1.82, 2.24) is 0 Å². The van der Waals surface area contributed by atoms with Crippen molar-refractivity contribution in [3.8, 4) is 0 Å². The van der Waals surface area contributed by atoms with Gasteiger partial charge in [0.15, 0.2) is 5.88 Å². The first-order chi connectivity index (χ1) is 8.16. The van der Waals surface area contributed by atoms with Gasteiger partial charge in [0.05, 0.1) is 0 Å². The zero-order chi connectivity index (χ0) is 12.3. The number of hydrogen-bond donors (Lipinski definition) is 2. The van der Waals surface area contributed by atoms with Crippen molar-refractivity contribution >= 4 is 11.9 Å². The van der Waals surface area contributed by atoms with Crippen molar-refractivity contribution in [3.63, 3.8) is 0 Å². The van der Waals surface area contributed by atoms with Gasteiger partial charge in [-0.2, -0.15) is 0 Å². The molecule has 17 heavy (non-hydrogen) atoms. The number of aromatic carboxylic acids is 1. The van der Waals surface area contributed by atoms with Crippen LogP contribution in [0.1, 0.15) is 30.3 Å². The summed E-state index contributed by atoms with van der Waals surface area (Å²) < 4.78 is 10.5. The molecule has 0 aliphatic carbocycles. The fourth-order valence-electron chi connectivity index (χ4n) is 2.09. The van der Waals surface area contributed by atoms with Crippen LogP contribution in [0.5, 0.6) is 0 Å². The van der Waals surface area contributed by atoms with E-state index in [1.807, 2.05) is 0 Å². The summed E-state index contributed by atoms with van der Waals surface area (Å²) in [5, 5.41) is 11.9. The lowest BCUT2D eigenvalue weighted by Crippen LogP contribution is -2.30. The second-order valence-electron chi connectivity index (χ2n) is 4.35. The highest BCUT2D eigenvalue weighted by Crippen LogP contribution is 2.22. The van der Waals surface area contributed by atoms with E-state index in [-0.39, 0.29) is 11.8 Å². The molecule has 0 bridgehead atoms. The Morgan fingerprint density at radius 1 is 1.47 bits per heavy atom. The van der Waals surface area contributed by atoms with Crippen molar-refractivity contribution in [2.24, 2.45) is 5.92 Å². The van der Waals surface area contributed by atoms with Crippen LogP contribution in [-0.4, -0.2) is 30.3 Å². The fraction of sp³-hybridized carbons (Fsp3) is 0.583. The van der Waals surface area contributed by atoms with Crippen LogP contribution in [0.15, 0.2) is 16.5 Å². The summed E-state index contributed by atoms with van der Waals surface area (Å²) in [6.07, 6.45) is 2.06. The molecule has 2 rings (SSSR count). The van der Waals surface area contributed by atoms with Gasteiger partial charge in [0, 0.05) is 25.3 Å². The van der Waals surface area contributed by atoms with E-state index < -0.39 is 5.97 Å². The number of ether oxygens (including phenoxy) is 1. The number of hydrogen-bond acceptors (Lipinski definition) is 4. The van der Waals surface area contributed by atoms with Crippen LogP contribution < -0.4 is 5.32 Å². The number of carboxylic acids is 1. The summed E-state index contributed by atoms with van der Waals surface area (Å²) in [5.74, 6) is -0.0213. The van der Waals surface area contributed by atoms with Crippen molar-refractivity contribution in [3.05, 3.63) is 17.9 Å². The van der Waals surface area contributed by atoms with Crippen LogP contribution in [-0.2, 0) is 4.74 Å². The highest BCUT2D eigenvalue weighted by atomic mass is 16.5. The number of rotatable bonds is 4. The minimum Gasteiger partial charge on any atom is -0.475 e. The second-order valence-corrected chi connectivity index (χ2v) is 4.35. The highest BCUT2D eigenvalue weighted by Gasteiger charge is 2.21. The van der Waals surface area contributed by atoms with Gasteiger partial charge >= 0.3 is 5.97 Å². The molecule has 0 amide bonds. The van der Waals surface area contributed by atoms with Crippen molar-refractivity contribution in [2.75, 3.05) is 18.5 Å². The third-order valence-electron chi connectivity index (χ3n) is 3.16. The molecule has 1 aromatic heterocycles. The monoisotopic (exact) mass is 239 g/mol. The molecule has 94 valence electrons. The molecule has 0 aromatic carbocycles. The topological polar surface area (TPSA) is 71.7 Å². The average molecular weight is 239 g/mol. The van der Waals surface area contributed by atoms with E-state index >= 15 is 0 Å². The normalized spacial score (nSPS) is 18.9. The van der Waals surface area contributed by atoms with Crippen molar-refractivity contribution in [2.45, 2.75) is 25.8 Å². The van der Waals surface area contributed by atoms with Gasteiger partial charge in [-0.05, 0) is 31.7 Å². The van der Waals surface area contributed by atoms with E-state index in [1.165, 1.54) is 6.07 Å². The minimum absolute atomic E-state index is 0.0355. The Bertz CT molecular complexity index is 382. The summed E-state index contributed by atoms with van der Waals surface area (Å²) in [5.41, 5.74) is 0. The first-order valence-electron chi connectivity index (χ1n) is 5.84. The molecule has 1 aromatic rings. The van der Waals surface area contributed by atoms with Gasteiger partial charge in [-0.15, -0.1) is 0 Å². The van der Waals surface area contributed by atoms with Gasteiger partial charge in [-0.1, -0.05) is 0 Å². The predicted octanol–water partition coefficient (Wildman–Crippen LogP) is 2.20. The van der Waals surface area contributed by atoms with E-state index in [0.29, 0.717) is 11.8 Å². The van der Waals surface area contributed by atoms with Crippen LogP contribution in [0.3, 0.4) is 0 Å². The fourth-order valence-corrected chi connectivity index (χ4v) is 2.09. The van der Waals surface area contributed by atoms with Gasteiger partial charge in [-0.25, -0.2) is 4.79 Å². The van der Waals surface area contributed by atoms with E-state index in [1.54, 1.807) is 6.07 Å². The van der Waals surface area contributed by atoms with E-state index in [9.17, 15) is 4.79 Å². The maximum atomic E-state index is 10.7. The molecule has 5 heteroatoms. The molecular weight excluding hydrogens is 222 g/mol. The minimum atomic E-state index is -1.04. The molecule has 0 radical (unpaired) electrons. The molecule has 1 atom stereocenters. The highest BCUT2D eigenvalue weighted by molar-refractivity contribution is 5.84. The molecule has 1 fully saturated rings. The molecule has 5 nitrogen and oxygen atoms in total. The van der Waals surface area contributed by atoms with Crippen molar-refractivity contribution < 1.29 is 19.1 Å². The average Bonchev–Trinajstić information content (AvgIpc) is 2.79. The first-order valence-corrected chi connectivity index (χ1v) is 5.84. The maximum absolute atomic E-state index is 10.7. The Morgan fingerprint density at radius 2 is 2.18 bits per heavy atom. The maximum Gasteiger partial charge on any atom is 0.371 e. The van der Waals surface area contributed by atoms with Crippen LogP contribution in [0.2, 0.25) is 0 Å². The molecule has 1 aliphatic heterocycles. The predicted molar refractivity (Wildman–Crippen MR) is 62.3 cm³/mol. The Hall–Kier alpha value is -1.49. The molecule has 0 saturated carbocycles. The van der Waals surface area contributed by atoms with Crippen LogP contribution in [0.4, 0.5) is 5.88 Å². The number of anilines is 1. The third-order valence-corrected chi connectivity index (χ3v) is 3.16. The van der Waals surface area contributed by atoms with Crippen LogP contribution >= 0.6 is 0 Å². The Kier molecular flexibility index (Phi) is 3.68. The second kappa shape index (κ2) is 5.23. The number of furan rings is 1. The van der Waals surface area contributed by atoms with Crippen LogP contribution in [0, 0.1) is 5.92 Å². The zero-order valence-electron chi connectivity index (χ0n) is 9.81.